The lowest BCUT2D eigenvalue weighted by Crippen LogP contribution is -2.22. The van der Waals surface area contributed by atoms with Gasteiger partial charge in [-0.25, -0.2) is 4.98 Å². The number of alkyl halides is 3. The number of hydrogen-bond donors (Lipinski definition) is 0. The first-order chi connectivity index (χ1) is 11.0. The lowest BCUT2D eigenvalue weighted by Gasteiger charge is -2.20. The Labute approximate surface area is 132 Å². The van der Waals surface area contributed by atoms with Crippen molar-refractivity contribution in [2.24, 2.45) is 5.92 Å². The highest BCUT2D eigenvalue weighted by atomic mass is 19.4. The van der Waals surface area contributed by atoms with Gasteiger partial charge in [-0.15, -0.1) is 0 Å². The highest BCUT2D eigenvalue weighted by molar-refractivity contribution is 5.57. The second-order valence-electron chi connectivity index (χ2n) is 6.35. The Balaban J connectivity index is 1.60. The third-order valence-electron chi connectivity index (χ3n) is 4.83. The lowest BCUT2D eigenvalue weighted by molar-refractivity contribution is -0.137. The molecule has 0 spiro atoms. The summed E-state index contributed by atoms with van der Waals surface area (Å²) in [7, 11) is 0. The summed E-state index contributed by atoms with van der Waals surface area (Å²) in [5.41, 5.74) is -0.151. The van der Waals surface area contributed by atoms with Crippen LogP contribution in [0.5, 0.6) is 0 Å². The summed E-state index contributed by atoms with van der Waals surface area (Å²) >= 11 is 0. The van der Waals surface area contributed by atoms with Crippen molar-refractivity contribution >= 4 is 0 Å². The molecule has 3 heterocycles. The summed E-state index contributed by atoms with van der Waals surface area (Å²) in [6.45, 7) is 0.743. The molecule has 23 heavy (non-hydrogen) atoms. The minimum absolute atomic E-state index is 0.289. The molecule has 2 saturated heterocycles. The van der Waals surface area contributed by atoms with Crippen LogP contribution in [0.25, 0.3) is 11.4 Å². The number of benzene rings is 1. The van der Waals surface area contributed by atoms with Crippen LogP contribution >= 0.6 is 0 Å². The van der Waals surface area contributed by atoms with Crippen LogP contribution in [-0.4, -0.2) is 21.8 Å². The van der Waals surface area contributed by atoms with Crippen molar-refractivity contribution < 1.29 is 17.9 Å². The Hall–Kier alpha value is -1.82. The molecule has 2 fully saturated rings. The van der Waals surface area contributed by atoms with Crippen LogP contribution in [-0.2, 0) is 17.5 Å². The highest BCUT2D eigenvalue weighted by Crippen LogP contribution is 2.40. The van der Waals surface area contributed by atoms with Gasteiger partial charge in [0.15, 0.2) is 0 Å². The highest BCUT2D eigenvalue weighted by Gasteiger charge is 2.40. The zero-order valence-electron chi connectivity index (χ0n) is 12.5. The molecule has 1 aromatic carbocycles. The maximum absolute atomic E-state index is 12.9. The second kappa shape index (κ2) is 5.37. The second-order valence-corrected chi connectivity index (χ2v) is 6.35. The van der Waals surface area contributed by atoms with Crippen LogP contribution in [0.2, 0.25) is 0 Å². The quantitative estimate of drug-likeness (QED) is 0.849. The summed E-state index contributed by atoms with van der Waals surface area (Å²) < 4.78 is 46.5. The molecule has 3 nitrogen and oxygen atoms in total. The molecular formula is C17H17F3N2O. The molecule has 1 aromatic heterocycles. The molecule has 0 saturated carbocycles. The largest absolute Gasteiger partial charge is 0.416 e. The molecule has 0 N–H and O–H groups in total. The van der Waals surface area contributed by atoms with Gasteiger partial charge < -0.3 is 9.30 Å². The van der Waals surface area contributed by atoms with Gasteiger partial charge in [0.2, 0.25) is 0 Å². The van der Waals surface area contributed by atoms with Crippen LogP contribution in [0.15, 0.2) is 36.7 Å². The van der Waals surface area contributed by atoms with Crippen molar-refractivity contribution in [3.63, 3.8) is 0 Å². The van der Waals surface area contributed by atoms with Gasteiger partial charge in [0.1, 0.15) is 5.82 Å². The fourth-order valence-electron chi connectivity index (χ4n) is 3.74. The van der Waals surface area contributed by atoms with Crippen molar-refractivity contribution in [1.29, 1.82) is 0 Å². The number of fused-ring (bicyclic) bond motifs is 2. The summed E-state index contributed by atoms with van der Waals surface area (Å²) in [6, 6.07) is 5.35. The Morgan fingerprint density at radius 3 is 2.83 bits per heavy atom. The van der Waals surface area contributed by atoms with Crippen LogP contribution in [0.1, 0.15) is 24.8 Å². The average Bonchev–Trinajstić information content (AvgIpc) is 3.23. The van der Waals surface area contributed by atoms with E-state index in [2.05, 4.69) is 4.98 Å². The molecular weight excluding hydrogens is 305 g/mol. The zero-order chi connectivity index (χ0) is 16.0. The number of rotatable bonds is 3. The third kappa shape index (κ3) is 2.76. The van der Waals surface area contributed by atoms with E-state index in [1.807, 2.05) is 10.8 Å². The van der Waals surface area contributed by atoms with Crippen molar-refractivity contribution in [3.05, 3.63) is 42.2 Å². The van der Waals surface area contributed by atoms with Gasteiger partial charge >= 0.3 is 6.18 Å². The van der Waals surface area contributed by atoms with Gasteiger partial charge in [-0.05, 0) is 31.4 Å². The van der Waals surface area contributed by atoms with E-state index in [0.29, 0.717) is 23.4 Å². The van der Waals surface area contributed by atoms with Crippen LogP contribution in [0.4, 0.5) is 13.2 Å². The maximum atomic E-state index is 12.9. The topological polar surface area (TPSA) is 27.1 Å². The minimum Gasteiger partial charge on any atom is -0.375 e. The van der Waals surface area contributed by atoms with Gasteiger partial charge in [0, 0.05) is 30.4 Å². The Bertz CT molecular complexity index is 710. The first kappa shape index (κ1) is 14.8. The van der Waals surface area contributed by atoms with Gasteiger partial charge in [-0.1, -0.05) is 12.1 Å². The summed E-state index contributed by atoms with van der Waals surface area (Å²) in [5, 5.41) is 0. The maximum Gasteiger partial charge on any atom is 0.416 e. The normalized spacial score (nSPS) is 26.8. The van der Waals surface area contributed by atoms with Crippen molar-refractivity contribution in [2.75, 3.05) is 0 Å². The van der Waals surface area contributed by atoms with Gasteiger partial charge in [-0.3, -0.25) is 0 Å². The molecule has 2 bridgehead atoms. The number of halogens is 3. The number of imidazole rings is 1. The molecule has 122 valence electrons. The first-order valence-corrected chi connectivity index (χ1v) is 7.85. The molecule has 0 amide bonds. The predicted molar refractivity (Wildman–Crippen MR) is 78.7 cm³/mol. The van der Waals surface area contributed by atoms with E-state index in [4.69, 9.17) is 4.74 Å². The van der Waals surface area contributed by atoms with Crippen molar-refractivity contribution in [2.45, 2.75) is 44.2 Å². The molecule has 2 aliphatic rings. The molecule has 0 unspecified atom stereocenters. The Morgan fingerprint density at radius 1 is 1.26 bits per heavy atom. The van der Waals surface area contributed by atoms with Gasteiger partial charge in [0.25, 0.3) is 0 Å². The summed E-state index contributed by atoms with van der Waals surface area (Å²) in [5.74, 6) is 1.01. The fraction of sp³-hybridized carbons (Fsp3) is 0.471. The lowest BCUT2D eigenvalue weighted by atomic mass is 9.89. The summed E-state index contributed by atoms with van der Waals surface area (Å²) in [4.78, 5) is 4.27. The van der Waals surface area contributed by atoms with Crippen LogP contribution < -0.4 is 0 Å². The van der Waals surface area contributed by atoms with Gasteiger partial charge in [0.05, 0.1) is 17.8 Å². The molecule has 4 rings (SSSR count). The number of hydrogen-bond acceptors (Lipinski definition) is 2. The molecule has 2 aliphatic heterocycles. The molecule has 0 aliphatic carbocycles. The van der Waals surface area contributed by atoms with E-state index in [-0.39, 0.29) is 6.10 Å². The van der Waals surface area contributed by atoms with E-state index < -0.39 is 11.7 Å². The number of nitrogens with zero attached hydrogens (tertiary/aromatic N) is 2. The third-order valence-corrected chi connectivity index (χ3v) is 4.83. The number of ether oxygens (including phenoxy) is 1. The van der Waals surface area contributed by atoms with Gasteiger partial charge in [-0.2, -0.15) is 13.2 Å². The van der Waals surface area contributed by atoms with Crippen molar-refractivity contribution in [3.8, 4) is 11.4 Å². The van der Waals surface area contributed by atoms with Crippen molar-refractivity contribution in [1.82, 2.24) is 9.55 Å². The number of aromatic nitrogens is 2. The smallest absolute Gasteiger partial charge is 0.375 e. The molecule has 6 heteroatoms. The van der Waals surface area contributed by atoms with Crippen LogP contribution in [0, 0.1) is 5.92 Å². The monoisotopic (exact) mass is 322 g/mol. The molecule has 3 atom stereocenters. The van der Waals surface area contributed by atoms with E-state index in [9.17, 15) is 13.2 Å². The van der Waals surface area contributed by atoms with E-state index >= 15 is 0 Å². The SMILES string of the molecule is FC(F)(F)c1cccc(-c2nccn2C[C@@H]2C[C@@H]3CC[C@H]2O3)c1. The average molecular weight is 322 g/mol. The fourth-order valence-corrected chi connectivity index (χ4v) is 3.74. The Morgan fingerprint density at radius 2 is 2.13 bits per heavy atom. The summed E-state index contributed by atoms with van der Waals surface area (Å²) in [6.07, 6.45) is 3.04. The standard InChI is InChI=1S/C17H17F3N2O/c18-17(19,20)13-3-1-2-11(8-13)16-21-6-7-22(16)10-12-9-14-4-5-15(12)23-14/h1-3,6-8,12,14-15H,4-5,9-10H2/t12-,14-,15+/m0/s1. The zero-order valence-corrected chi connectivity index (χ0v) is 12.5. The van der Waals surface area contributed by atoms with E-state index in [1.165, 1.54) is 6.07 Å². The Kier molecular flexibility index (Phi) is 3.44. The predicted octanol–water partition coefficient (Wildman–Crippen LogP) is 4.14. The first-order valence-electron chi connectivity index (χ1n) is 7.85. The molecule has 0 radical (unpaired) electrons. The van der Waals surface area contributed by atoms with E-state index in [1.54, 1.807) is 12.3 Å². The minimum atomic E-state index is -4.34. The van der Waals surface area contributed by atoms with Crippen LogP contribution in [0.3, 0.4) is 0 Å². The molecule has 2 aromatic rings. The van der Waals surface area contributed by atoms with E-state index in [0.717, 1.165) is 37.9 Å².